The minimum Gasteiger partial charge on any atom is -0.478 e. The quantitative estimate of drug-likeness (QED) is 0.400. The molecule has 0 fully saturated rings. The molecule has 140 valence electrons. The lowest BCUT2D eigenvalue weighted by Crippen LogP contribution is -2.17. The summed E-state index contributed by atoms with van der Waals surface area (Å²) in [7, 11) is 0. The molecule has 4 heteroatoms. The second-order valence-corrected chi connectivity index (χ2v) is 6.81. The van der Waals surface area contributed by atoms with Gasteiger partial charge in [0.05, 0.1) is 0 Å². The fraction of sp³-hybridized carbons (Fsp3) is 0.800. The van der Waals surface area contributed by atoms with E-state index in [-0.39, 0.29) is 23.0 Å². The molecule has 0 aromatic heterocycles. The predicted molar refractivity (Wildman–Crippen MR) is 98.1 cm³/mol. The second-order valence-electron chi connectivity index (χ2n) is 6.81. The topological polar surface area (TPSA) is 74.6 Å². The third-order valence-electron chi connectivity index (χ3n) is 4.95. The lowest BCUT2D eigenvalue weighted by Gasteiger charge is -2.19. The Balaban J connectivity index is 5.39. The van der Waals surface area contributed by atoms with E-state index < -0.39 is 11.9 Å². The van der Waals surface area contributed by atoms with Gasteiger partial charge in [0.1, 0.15) is 0 Å². The summed E-state index contributed by atoms with van der Waals surface area (Å²) in [6.07, 6.45) is 8.70. The van der Waals surface area contributed by atoms with Crippen LogP contribution in [0.15, 0.2) is 11.1 Å². The van der Waals surface area contributed by atoms with Crippen LogP contribution in [-0.4, -0.2) is 22.2 Å². The van der Waals surface area contributed by atoms with Gasteiger partial charge in [0.2, 0.25) is 0 Å². The molecule has 24 heavy (non-hydrogen) atoms. The van der Waals surface area contributed by atoms with Crippen molar-refractivity contribution in [2.45, 2.75) is 91.9 Å². The molecule has 0 aliphatic rings. The highest BCUT2D eigenvalue weighted by atomic mass is 16.4. The van der Waals surface area contributed by atoms with E-state index in [0.717, 1.165) is 51.4 Å². The molecule has 0 heterocycles. The SMILES string of the molecule is CCCC[C@@H](CC)C/C(C(=O)O)=C(\C[C@@H](CC)CCCC)C(=O)O. The van der Waals surface area contributed by atoms with E-state index in [1.54, 1.807) is 0 Å². The summed E-state index contributed by atoms with van der Waals surface area (Å²) in [6.45, 7) is 8.33. The van der Waals surface area contributed by atoms with Crippen LogP contribution in [0.25, 0.3) is 0 Å². The molecule has 0 aliphatic heterocycles. The Hall–Kier alpha value is -1.32. The highest BCUT2D eigenvalue weighted by Crippen LogP contribution is 2.29. The van der Waals surface area contributed by atoms with Crippen LogP contribution in [0.4, 0.5) is 0 Å². The summed E-state index contributed by atoms with van der Waals surface area (Å²) < 4.78 is 0. The lowest BCUT2D eigenvalue weighted by atomic mass is 9.85. The molecular formula is C20H36O4. The van der Waals surface area contributed by atoms with E-state index in [1.165, 1.54) is 0 Å². The van der Waals surface area contributed by atoms with Gasteiger partial charge in [-0.1, -0.05) is 79.1 Å². The molecule has 0 bridgehead atoms. The monoisotopic (exact) mass is 340 g/mol. The molecular weight excluding hydrogens is 304 g/mol. The van der Waals surface area contributed by atoms with E-state index in [1.807, 2.05) is 0 Å². The summed E-state index contributed by atoms with van der Waals surface area (Å²) in [5, 5.41) is 19.2. The van der Waals surface area contributed by atoms with Gasteiger partial charge in [-0.05, 0) is 24.7 Å². The van der Waals surface area contributed by atoms with E-state index in [2.05, 4.69) is 27.7 Å². The van der Waals surface area contributed by atoms with Crippen molar-refractivity contribution >= 4 is 11.9 Å². The summed E-state index contributed by atoms with van der Waals surface area (Å²) in [5.74, 6) is -1.62. The first-order valence-electron chi connectivity index (χ1n) is 9.59. The largest absolute Gasteiger partial charge is 0.478 e. The van der Waals surface area contributed by atoms with Crippen molar-refractivity contribution in [3.8, 4) is 0 Å². The summed E-state index contributed by atoms with van der Waals surface area (Å²) >= 11 is 0. The molecule has 0 spiro atoms. The number of carboxylic acids is 2. The van der Waals surface area contributed by atoms with Gasteiger partial charge >= 0.3 is 11.9 Å². The zero-order valence-corrected chi connectivity index (χ0v) is 15.9. The zero-order valence-electron chi connectivity index (χ0n) is 15.9. The minimum absolute atomic E-state index is 0.125. The van der Waals surface area contributed by atoms with Gasteiger partial charge in [0.25, 0.3) is 0 Å². The van der Waals surface area contributed by atoms with Crippen LogP contribution < -0.4 is 0 Å². The lowest BCUT2D eigenvalue weighted by molar-refractivity contribution is -0.136. The van der Waals surface area contributed by atoms with Crippen LogP contribution in [0.1, 0.15) is 91.9 Å². The van der Waals surface area contributed by atoms with Crippen molar-refractivity contribution in [2.24, 2.45) is 11.8 Å². The van der Waals surface area contributed by atoms with Gasteiger partial charge in [-0.3, -0.25) is 0 Å². The maximum absolute atomic E-state index is 11.7. The third kappa shape index (κ3) is 8.51. The number of unbranched alkanes of at least 4 members (excludes halogenated alkanes) is 2. The van der Waals surface area contributed by atoms with E-state index in [9.17, 15) is 19.8 Å². The Morgan fingerprint density at radius 1 is 0.708 bits per heavy atom. The Kier molecular flexibility index (Phi) is 12.3. The van der Waals surface area contributed by atoms with Crippen molar-refractivity contribution < 1.29 is 19.8 Å². The average molecular weight is 341 g/mol. The van der Waals surface area contributed by atoms with E-state index >= 15 is 0 Å². The molecule has 2 N–H and O–H groups in total. The molecule has 0 saturated heterocycles. The molecule has 0 unspecified atom stereocenters. The molecule has 0 aromatic rings. The van der Waals surface area contributed by atoms with Gasteiger partial charge in [0.15, 0.2) is 0 Å². The number of aliphatic carboxylic acids is 2. The number of carbonyl (C=O) groups is 2. The second kappa shape index (κ2) is 13.0. The van der Waals surface area contributed by atoms with Crippen LogP contribution in [0.5, 0.6) is 0 Å². The number of rotatable bonds is 14. The van der Waals surface area contributed by atoms with Crippen LogP contribution in [0.3, 0.4) is 0 Å². The Morgan fingerprint density at radius 3 is 1.25 bits per heavy atom. The zero-order chi connectivity index (χ0) is 18.5. The molecule has 0 aromatic carbocycles. The highest BCUT2D eigenvalue weighted by molar-refractivity contribution is 5.98. The molecule has 0 saturated carbocycles. The van der Waals surface area contributed by atoms with Crippen LogP contribution in [0, 0.1) is 11.8 Å². The standard InChI is InChI=1S/C20H36O4/c1-5-9-11-15(7-3)13-17(19(21)22)18(20(23)24)14-16(8-4)12-10-6-2/h15-16H,5-14H2,1-4H3,(H,21,22)(H,23,24)/b18-17-/t15-,16+. The third-order valence-corrected chi connectivity index (χ3v) is 4.95. The van der Waals surface area contributed by atoms with Gasteiger partial charge in [-0.2, -0.15) is 0 Å². The Morgan fingerprint density at radius 2 is 1.04 bits per heavy atom. The van der Waals surface area contributed by atoms with Crippen molar-refractivity contribution in [1.29, 1.82) is 0 Å². The Labute approximate surface area is 147 Å². The minimum atomic E-state index is -1.06. The number of hydrogen-bond acceptors (Lipinski definition) is 2. The van der Waals surface area contributed by atoms with E-state index in [0.29, 0.717) is 12.8 Å². The molecule has 0 radical (unpaired) electrons. The summed E-state index contributed by atoms with van der Waals surface area (Å²) in [6, 6.07) is 0. The first-order chi connectivity index (χ1) is 11.4. The van der Waals surface area contributed by atoms with Crippen LogP contribution in [0.2, 0.25) is 0 Å². The maximum Gasteiger partial charge on any atom is 0.332 e. The van der Waals surface area contributed by atoms with Gasteiger partial charge in [-0.15, -0.1) is 0 Å². The Bertz CT molecular complexity index is 374. The molecule has 4 nitrogen and oxygen atoms in total. The van der Waals surface area contributed by atoms with Crippen LogP contribution in [-0.2, 0) is 9.59 Å². The van der Waals surface area contributed by atoms with Gasteiger partial charge < -0.3 is 10.2 Å². The van der Waals surface area contributed by atoms with Crippen molar-refractivity contribution in [3.63, 3.8) is 0 Å². The van der Waals surface area contributed by atoms with Gasteiger partial charge in [-0.25, -0.2) is 9.59 Å². The molecule has 2 atom stereocenters. The number of hydrogen-bond donors (Lipinski definition) is 2. The average Bonchev–Trinajstić information content (AvgIpc) is 2.55. The molecule has 0 aliphatic carbocycles. The summed E-state index contributed by atoms with van der Waals surface area (Å²) in [5.41, 5.74) is 0.251. The van der Waals surface area contributed by atoms with Gasteiger partial charge in [0, 0.05) is 11.1 Å². The fourth-order valence-electron chi connectivity index (χ4n) is 3.14. The van der Waals surface area contributed by atoms with Crippen molar-refractivity contribution in [3.05, 3.63) is 11.1 Å². The summed E-state index contributed by atoms with van der Waals surface area (Å²) in [4.78, 5) is 23.5. The fourth-order valence-corrected chi connectivity index (χ4v) is 3.14. The molecule has 0 rings (SSSR count). The first-order valence-corrected chi connectivity index (χ1v) is 9.59. The number of carboxylic acid groups (broad SMARTS) is 2. The highest BCUT2D eigenvalue weighted by Gasteiger charge is 2.25. The van der Waals surface area contributed by atoms with Crippen molar-refractivity contribution in [2.75, 3.05) is 0 Å². The van der Waals surface area contributed by atoms with Crippen molar-refractivity contribution in [1.82, 2.24) is 0 Å². The smallest absolute Gasteiger partial charge is 0.332 e. The van der Waals surface area contributed by atoms with E-state index in [4.69, 9.17) is 0 Å². The first kappa shape index (κ1) is 22.7. The van der Waals surface area contributed by atoms with Crippen LogP contribution >= 0.6 is 0 Å². The predicted octanol–water partition coefficient (Wildman–Crippen LogP) is 5.67. The molecule has 0 amide bonds. The normalized spacial score (nSPS) is 14.8. The maximum atomic E-state index is 11.7.